The number of unbranched alkanes of at least 4 members (excludes halogenated alkanes) is 3. The molecule has 2 unspecified atom stereocenters. The first-order valence-electron chi connectivity index (χ1n) is 22.5. The van der Waals surface area contributed by atoms with Crippen molar-refractivity contribution < 1.29 is 43.4 Å². The number of amides is 6. The highest BCUT2D eigenvalue weighted by atomic mass is 32.2. The molecule has 2 saturated heterocycles. The first-order valence-corrected chi connectivity index (χ1v) is 24.6. The Hall–Kier alpha value is -6.53. The number of carboxylic acids is 1. The number of thioether (sulfide) groups is 2. The van der Waals surface area contributed by atoms with E-state index in [1.54, 1.807) is 12.1 Å². The third-order valence-electron chi connectivity index (χ3n) is 11.7. The minimum atomic E-state index is -1.29. The SMILES string of the molecule is O=C(CCCCC1SC[C@@H]2NC(=O)N[C@H]12)NCCCCCNC(=O)CCSC(C(=O)NCCNC(=O)c1ccc(-c2c3ccc(=O)cc-3oc3cc(O)ccc23)c(C(=O)O)c1)c1ccccc1. The molecule has 0 radical (unpaired) electrons. The molecule has 0 bridgehead atoms. The van der Waals surface area contributed by atoms with Gasteiger partial charge in [-0.2, -0.15) is 11.8 Å². The third-order valence-corrected chi connectivity index (χ3v) is 14.5. The summed E-state index contributed by atoms with van der Waals surface area (Å²) in [5.74, 6) is -0.757. The summed E-state index contributed by atoms with van der Waals surface area (Å²) in [4.78, 5) is 88.0. The lowest BCUT2D eigenvalue weighted by molar-refractivity contribution is -0.121. The molecule has 0 spiro atoms. The normalized spacial score (nSPS) is 16.7. The molecule has 3 heterocycles. The van der Waals surface area contributed by atoms with E-state index in [0.717, 1.165) is 49.8 Å². The van der Waals surface area contributed by atoms with E-state index in [2.05, 4.69) is 31.9 Å². The summed E-state index contributed by atoms with van der Waals surface area (Å²) in [6.45, 7) is 1.24. The maximum atomic E-state index is 13.5. The highest BCUT2D eigenvalue weighted by Gasteiger charge is 2.42. The quantitative estimate of drug-likeness (QED) is 0.0220. The number of hydrogen-bond donors (Lipinski definition) is 8. The van der Waals surface area contributed by atoms with Crippen molar-refractivity contribution in [1.82, 2.24) is 31.9 Å². The van der Waals surface area contributed by atoms with Gasteiger partial charge in [0.1, 0.15) is 22.3 Å². The Balaban J connectivity index is 0.809. The monoisotopic (exact) mass is 950 g/mol. The average molecular weight is 951 g/mol. The van der Waals surface area contributed by atoms with E-state index in [4.69, 9.17) is 4.42 Å². The van der Waals surface area contributed by atoms with Gasteiger partial charge < -0.3 is 46.5 Å². The van der Waals surface area contributed by atoms with Crippen LogP contribution < -0.4 is 37.3 Å². The van der Waals surface area contributed by atoms with Crippen LogP contribution in [0.15, 0.2) is 94.1 Å². The molecule has 6 amide bonds. The lowest BCUT2D eigenvalue weighted by Crippen LogP contribution is -2.36. The van der Waals surface area contributed by atoms with E-state index in [9.17, 15) is 43.8 Å². The number of urea groups is 1. The number of carboxylic acid groups (broad SMARTS) is 1. The summed E-state index contributed by atoms with van der Waals surface area (Å²) in [7, 11) is 0. The molecule has 3 aromatic carbocycles. The van der Waals surface area contributed by atoms with E-state index in [1.807, 2.05) is 42.1 Å². The molecule has 4 atom stereocenters. The number of benzene rings is 4. The standard InChI is InChI=1S/C49H54N6O10S2/c56-31-14-17-34-38(26-31)65-39-27-32(57)15-18-35(39)43(34)33-16-13-30(25-36(33)48(62)63)46(60)52-22-23-53-47(61)45(29-9-3-1-4-10-29)66-24-19-42(59)51-21-8-2-7-20-50-41(58)12-6-5-11-40-44-37(28-67-40)54-49(64)55-44/h1,3-4,9-10,13-18,25-27,37,40,44-45,56H,2,5-8,11-12,19-24,28H2,(H,50,58)(H,51,59)(H,52,60)(H,53,61)(H,62,63)(H2,54,55,64)/t37-,40?,44-,45?/m0/s1. The van der Waals surface area contributed by atoms with E-state index in [0.29, 0.717) is 47.0 Å². The van der Waals surface area contributed by atoms with Crippen LogP contribution in [-0.4, -0.2) is 101 Å². The van der Waals surface area contributed by atoms with Crippen molar-refractivity contribution in [3.63, 3.8) is 0 Å². The molecule has 352 valence electrons. The number of carbonyl (C=O) groups excluding carboxylic acids is 5. The molecule has 0 aromatic heterocycles. The number of nitrogens with one attached hydrogen (secondary N) is 6. The van der Waals surface area contributed by atoms with Crippen LogP contribution >= 0.6 is 23.5 Å². The Kier molecular flexibility index (Phi) is 16.8. The second-order valence-corrected chi connectivity index (χ2v) is 19.0. The highest BCUT2D eigenvalue weighted by Crippen LogP contribution is 2.42. The molecule has 2 fully saturated rings. The minimum Gasteiger partial charge on any atom is -0.508 e. The summed E-state index contributed by atoms with van der Waals surface area (Å²) in [5.41, 5.74) is 1.81. The van der Waals surface area contributed by atoms with Crippen LogP contribution in [0.3, 0.4) is 0 Å². The fourth-order valence-electron chi connectivity index (χ4n) is 8.34. The number of rotatable bonds is 23. The second-order valence-electron chi connectivity index (χ2n) is 16.5. The van der Waals surface area contributed by atoms with Crippen LogP contribution in [0.2, 0.25) is 0 Å². The maximum absolute atomic E-state index is 13.5. The Labute approximate surface area is 395 Å². The van der Waals surface area contributed by atoms with Gasteiger partial charge in [0.25, 0.3) is 5.91 Å². The topological polar surface area (TPSA) is 245 Å². The van der Waals surface area contributed by atoms with E-state index in [-0.39, 0.29) is 94.6 Å². The molecule has 18 heteroatoms. The van der Waals surface area contributed by atoms with Crippen LogP contribution in [0.4, 0.5) is 4.79 Å². The van der Waals surface area contributed by atoms with E-state index >= 15 is 0 Å². The first-order chi connectivity index (χ1) is 32.4. The summed E-state index contributed by atoms with van der Waals surface area (Å²) in [6, 6.07) is 22.4. The van der Waals surface area contributed by atoms with Crippen molar-refractivity contribution in [2.24, 2.45) is 0 Å². The van der Waals surface area contributed by atoms with Crippen molar-refractivity contribution in [2.45, 2.75) is 74.0 Å². The number of hydrogen-bond acceptors (Lipinski definition) is 11. The zero-order valence-electron chi connectivity index (χ0n) is 36.8. The van der Waals surface area contributed by atoms with Gasteiger partial charge in [-0.3, -0.25) is 24.0 Å². The van der Waals surface area contributed by atoms with Crippen LogP contribution in [0.1, 0.15) is 82.9 Å². The van der Waals surface area contributed by atoms with Gasteiger partial charge in [-0.15, -0.1) is 11.8 Å². The molecule has 3 aliphatic heterocycles. The summed E-state index contributed by atoms with van der Waals surface area (Å²) >= 11 is 3.22. The molecular formula is C49H54N6O10S2. The molecule has 7 rings (SSSR count). The molecule has 67 heavy (non-hydrogen) atoms. The number of aromatic carboxylic acids is 1. The molecular weight excluding hydrogens is 897 g/mol. The molecule has 3 aromatic rings. The van der Waals surface area contributed by atoms with E-state index < -0.39 is 17.1 Å². The maximum Gasteiger partial charge on any atom is 0.336 e. The van der Waals surface area contributed by atoms with Gasteiger partial charge in [0.15, 0.2) is 5.43 Å². The Bertz CT molecular complexity index is 2630. The number of phenolic OH excluding ortho intramolecular Hbond substituents is 1. The third kappa shape index (κ3) is 12.9. The predicted molar refractivity (Wildman–Crippen MR) is 259 cm³/mol. The van der Waals surface area contributed by atoms with Gasteiger partial charge >= 0.3 is 12.0 Å². The van der Waals surface area contributed by atoms with Gasteiger partial charge in [-0.05, 0) is 79.6 Å². The van der Waals surface area contributed by atoms with E-state index in [1.165, 1.54) is 54.2 Å². The predicted octanol–water partition coefficient (Wildman–Crippen LogP) is 5.81. The van der Waals surface area contributed by atoms with Crippen molar-refractivity contribution in [3.8, 4) is 28.2 Å². The fraction of sp³-hybridized carbons (Fsp3) is 0.367. The van der Waals surface area contributed by atoms with Gasteiger partial charge in [0.05, 0.1) is 17.6 Å². The number of carbonyl (C=O) groups is 6. The summed E-state index contributed by atoms with van der Waals surface area (Å²) < 4.78 is 5.89. The largest absolute Gasteiger partial charge is 0.508 e. The Morgan fingerprint density at radius 1 is 0.761 bits per heavy atom. The number of aromatic hydroxyl groups is 1. The smallest absolute Gasteiger partial charge is 0.336 e. The lowest BCUT2D eigenvalue weighted by Gasteiger charge is -2.18. The zero-order chi connectivity index (χ0) is 47.3. The van der Waals surface area contributed by atoms with Gasteiger partial charge in [-0.1, -0.05) is 42.8 Å². The molecule has 16 nitrogen and oxygen atoms in total. The molecule has 4 aliphatic rings. The average Bonchev–Trinajstić information content (AvgIpc) is 3.88. The lowest BCUT2D eigenvalue weighted by atomic mass is 9.90. The number of fused-ring (bicyclic) bond motifs is 3. The first kappa shape index (κ1) is 48.4. The van der Waals surface area contributed by atoms with Gasteiger partial charge in [0, 0.05) is 90.0 Å². The van der Waals surface area contributed by atoms with Crippen LogP contribution in [0.25, 0.3) is 33.4 Å². The Morgan fingerprint density at radius 3 is 2.28 bits per heavy atom. The van der Waals surface area contributed by atoms with Crippen molar-refractivity contribution in [3.05, 3.63) is 112 Å². The second kappa shape index (κ2) is 23.3. The summed E-state index contributed by atoms with van der Waals surface area (Å²) in [5, 5.41) is 38.2. The Morgan fingerprint density at radius 2 is 1.51 bits per heavy atom. The van der Waals surface area contributed by atoms with Crippen LogP contribution in [-0.2, 0) is 14.4 Å². The minimum absolute atomic E-state index is 0.0426. The number of phenols is 1. The molecule has 8 N–H and O–H groups in total. The molecule has 0 saturated carbocycles. The van der Waals surface area contributed by atoms with Crippen LogP contribution in [0.5, 0.6) is 5.75 Å². The van der Waals surface area contributed by atoms with Gasteiger partial charge in [-0.25, -0.2) is 9.59 Å². The zero-order valence-corrected chi connectivity index (χ0v) is 38.4. The van der Waals surface area contributed by atoms with Crippen LogP contribution in [0, 0.1) is 0 Å². The summed E-state index contributed by atoms with van der Waals surface area (Å²) in [6.07, 6.45) is 5.87. The van der Waals surface area contributed by atoms with Crippen molar-refractivity contribution in [2.75, 3.05) is 37.7 Å². The highest BCUT2D eigenvalue weighted by molar-refractivity contribution is 8.00. The molecule has 1 aliphatic carbocycles. The van der Waals surface area contributed by atoms with Crippen molar-refractivity contribution in [1.29, 1.82) is 0 Å². The fourth-order valence-corrected chi connectivity index (χ4v) is 11.0. The van der Waals surface area contributed by atoms with Gasteiger partial charge in [0.2, 0.25) is 17.7 Å². The van der Waals surface area contributed by atoms with Crippen molar-refractivity contribution >= 4 is 70.1 Å².